The number of Topliss-reactive ketones (excluding diaryl/α,β-unsaturated/α-hetero) is 2. The van der Waals surface area contributed by atoms with Gasteiger partial charge < -0.3 is 41.2 Å². The van der Waals surface area contributed by atoms with Crippen molar-refractivity contribution in [3.8, 4) is 0 Å². The molecule has 0 radical (unpaired) electrons. The van der Waals surface area contributed by atoms with E-state index < -0.39 is 100.0 Å². The Balaban J connectivity index is 5.95. The fourth-order valence-corrected chi connectivity index (χ4v) is 3.48. The number of carbonyl (C=O) groups is 4. The van der Waals surface area contributed by atoms with E-state index in [4.69, 9.17) is 15.4 Å². The third-order valence-electron chi connectivity index (χ3n) is 3.98. The lowest BCUT2D eigenvalue weighted by molar-refractivity contribution is -0.163. The lowest BCUT2D eigenvalue weighted by atomic mass is 9.97. The second-order valence-corrected chi connectivity index (χ2v) is 8.94. The van der Waals surface area contributed by atoms with Crippen LogP contribution in [0.2, 0.25) is 0 Å². The van der Waals surface area contributed by atoms with Crippen LogP contribution < -0.4 is 5.73 Å². The van der Waals surface area contributed by atoms with Crippen molar-refractivity contribution in [3.63, 3.8) is 0 Å². The Bertz CT molecular complexity index is 979. The van der Waals surface area contributed by atoms with Crippen LogP contribution in [0.15, 0.2) is 0 Å². The molecule has 0 saturated heterocycles. The molecule has 0 unspecified atom stereocenters. The summed E-state index contributed by atoms with van der Waals surface area (Å²) in [6, 6.07) is -2.28. The van der Waals surface area contributed by atoms with Crippen molar-refractivity contribution in [2.75, 3.05) is 6.61 Å². The molecule has 8 atom stereocenters. The van der Waals surface area contributed by atoms with E-state index >= 15 is 0 Å². The average molecular weight is 557 g/mol. The number of carboxylic acid groups (broad SMARTS) is 1. The molecule has 0 rings (SSSR count). The van der Waals surface area contributed by atoms with E-state index in [1.165, 1.54) is 0 Å². The van der Waals surface area contributed by atoms with E-state index in [-0.39, 0.29) is 0 Å². The molecule has 0 aliphatic rings. The Hall–Kier alpha value is -2.02. The molecule has 0 saturated carbocycles. The van der Waals surface area contributed by atoms with Crippen LogP contribution in [0.1, 0.15) is 6.92 Å². The minimum atomic E-state index is -5.71. The molecular formula is C14H23NO18S2. The smallest absolute Gasteiger partial charge is 0.401 e. The Labute approximate surface area is 196 Å². The highest BCUT2D eigenvalue weighted by Gasteiger charge is 2.43. The summed E-state index contributed by atoms with van der Waals surface area (Å²) in [4.78, 5) is 44.6. The van der Waals surface area contributed by atoms with Crippen molar-refractivity contribution in [1.82, 2.24) is 0 Å². The summed E-state index contributed by atoms with van der Waals surface area (Å²) in [6.07, 6.45) is -19.1. The average Bonchev–Trinajstić information content (AvgIpc) is 2.75. The Kier molecular flexibility index (Phi) is 12.6. The lowest BCUT2D eigenvalue weighted by Gasteiger charge is -2.30. The van der Waals surface area contributed by atoms with Crippen LogP contribution >= 0.6 is 0 Å². The Morgan fingerprint density at radius 3 is 1.86 bits per heavy atom. The van der Waals surface area contributed by atoms with Gasteiger partial charge in [-0.1, -0.05) is 0 Å². The number of aldehydes is 1. The Morgan fingerprint density at radius 1 is 0.943 bits per heavy atom. The van der Waals surface area contributed by atoms with Gasteiger partial charge in [0.1, 0.15) is 36.6 Å². The largest absolute Gasteiger partial charge is 0.479 e. The number of hydrogen-bond donors (Lipinski definition) is 8. The summed E-state index contributed by atoms with van der Waals surface area (Å²) in [5.41, 5.74) is 5.31. The molecule has 19 nitrogen and oxygen atoms in total. The van der Waals surface area contributed by atoms with Gasteiger partial charge in [-0.05, 0) is 0 Å². The van der Waals surface area contributed by atoms with Crippen LogP contribution in [-0.4, -0.2) is 131 Å². The zero-order valence-corrected chi connectivity index (χ0v) is 19.1. The van der Waals surface area contributed by atoms with Gasteiger partial charge in [0.05, 0.1) is 6.61 Å². The van der Waals surface area contributed by atoms with Gasteiger partial charge in [0.25, 0.3) is 0 Å². The van der Waals surface area contributed by atoms with E-state index in [9.17, 15) is 61.5 Å². The number of hydrogen-bond acceptors (Lipinski definition) is 17. The number of aliphatic hydroxyl groups is 5. The molecule has 0 aromatic heterocycles. The van der Waals surface area contributed by atoms with Crippen molar-refractivity contribution in [2.45, 2.75) is 55.7 Å². The highest BCUT2D eigenvalue weighted by Crippen LogP contribution is 2.18. The second kappa shape index (κ2) is 13.3. The molecule has 0 fully saturated rings. The Morgan fingerprint density at radius 2 is 1.46 bits per heavy atom. The SMILES string of the molecule is CC(=O)C(=O)[C@H](N)[C@@H](O)[C@@H](OS(=O)(=O)O[C@@H](C=O)[C@@H](O)[C@H](O)[C@H](O)C(=O)O)[C@H](O)COS(=O)(=O)O. The summed E-state index contributed by atoms with van der Waals surface area (Å²) >= 11 is 0. The predicted molar refractivity (Wildman–Crippen MR) is 104 cm³/mol. The van der Waals surface area contributed by atoms with Gasteiger partial charge in [0.2, 0.25) is 5.78 Å². The normalized spacial score (nSPS) is 19.4. The number of ketones is 2. The summed E-state index contributed by atoms with van der Waals surface area (Å²) in [7, 11) is -11.0. The highest BCUT2D eigenvalue weighted by molar-refractivity contribution is 7.82. The first-order valence-corrected chi connectivity index (χ1v) is 11.6. The maximum Gasteiger partial charge on any atom is 0.401 e. The predicted octanol–water partition coefficient (Wildman–Crippen LogP) is -6.61. The first-order valence-electron chi connectivity index (χ1n) is 8.87. The number of aliphatic carboxylic acids is 1. The van der Waals surface area contributed by atoms with E-state index in [1.807, 2.05) is 0 Å². The third-order valence-corrected chi connectivity index (χ3v) is 5.33. The van der Waals surface area contributed by atoms with Crippen molar-refractivity contribution in [3.05, 3.63) is 0 Å². The van der Waals surface area contributed by atoms with Gasteiger partial charge in [-0.15, -0.1) is 0 Å². The number of nitrogens with two attached hydrogens (primary N) is 1. The molecular weight excluding hydrogens is 534 g/mol. The van der Waals surface area contributed by atoms with Crippen LogP contribution in [0.4, 0.5) is 0 Å². The van der Waals surface area contributed by atoms with E-state index in [0.717, 1.165) is 0 Å². The molecule has 9 N–H and O–H groups in total. The molecule has 0 amide bonds. The zero-order chi connectivity index (χ0) is 27.9. The van der Waals surface area contributed by atoms with Crippen LogP contribution in [0.3, 0.4) is 0 Å². The van der Waals surface area contributed by atoms with E-state index in [2.05, 4.69) is 12.5 Å². The topological polar surface area (TPSA) is 332 Å². The van der Waals surface area contributed by atoms with Gasteiger partial charge in [-0.2, -0.15) is 16.8 Å². The third kappa shape index (κ3) is 10.6. The van der Waals surface area contributed by atoms with Crippen LogP contribution in [0.25, 0.3) is 0 Å². The van der Waals surface area contributed by atoms with Crippen LogP contribution in [-0.2, 0) is 52.5 Å². The minimum Gasteiger partial charge on any atom is -0.479 e. The van der Waals surface area contributed by atoms with Crippen LogP contribution in [0, 0.1) is 0 Å². The molecule has 0 aromatic carbocycles. The molecule has 0 bridgehead atoms. The molecule has 35 heavy (non-hydrogen) atoms. The van der Waals surface area contributed by atoms with E-state index in [1.54, 1.807) is 0 Å². The van der Waals surface area contributed by atoms with Crippen molar-refractivity contribution >= 4 is 44.6 Å². The molecule has 21 heteroatoms. The second-order valence-electron chi connectivity index (χ2n) is 6.65. The van der Waals surface area contributed by atoms with Crippen LogP contribution in [0.5, 0.6) is 0 Å². The molecule has 0 heterocycles. The standard InChI is InChI=1S/C14H23NO18S2/c1-4(17)8(19)7(15)10(21)13(5(18)3-31-34(26,27)28)33-35(29,30)32-6(2-16)9(20)11(22)12(23)14(24)25/h2,5-7,9-13,18,20-23H,3,15H2,1H3,(H,24,25)(H,26,27,28)/t5-,6+,7+,9-,10-,11+,12+,13+/m1/s1. The van der Waals surface area contributed by atoms with Crippen molar-refractivity contribution in [1.29, 1.82) is 0 Å². The molecule has 0 aliphatic heterocycles. The number of carbonyl (C=O) groups excluding carboxylic acids is 3. The molecule has 0 aliphatic carbocycles. The number of carboxylic acids is 1. The summed E-state index contributed by atoms with van der Waals surface area (Å²) in [5, 5.41) is 57.2. The molecule has 0 aromatic rings. The first-order chi connectivity index (χ1) is 15.8. The highest BCUT2D eigenvalue weighted by atomic mass is 32.3. The van der Waals surface area contributed by atoms with Gasteiger partial charge in [0, 0.05) is 6.92 Å². The minimum absolute atomic E-state index is 0.488. The molecule has 0 spiro atoms. The molecule has 204 valence electrons. The van der Waals surface area contributed by atoms with Gasteiger partial charge >= 0.3 is 26.8 Å². The first kappa shape index (κ1) is 33.0. The van der Waals surface area contributed by atoms with E-state index in [0.29, 0.717) is 6.92 Å². The monoisotopic (exact) mass is 557 g/mol. The van der Waals surface area contributed by atoms with Crippen molar-refractivity contribution < 1.29 is 83.8 Å². The summed E-state index contributed by atoms with van der Waals surface area (Å²) in [5.74, 6) is -4.85. The quantitative estimate of drug-likeness (QED) is 0.0467. The lowest BCUT2D eigenvalue weighted by Crippen LogP contribution is -2.56. The fourth-order valence-electron chi connectivity index (χ4n) is 2.18. The van der Waals surface area contributed by atoms with Gasteiger partial charge in [-0.3, -0.25) is 14.1 Å². The maximum atomic E-state index is 12.2. The van der Waals surface area contributed by atoms with Crippen molar-refractivity contribution in [2.24, 2.45) is 5.73 Å². The van der Waals surface area contributed by atoms with Gasteiger partial charge in [-0.25, -0.2) is 17.3 Å². The summed E-state index contributed by atoms with van der Waals surface area (Å²) < 4.78 is 66.4. The number of aliphatic hydroxyl groups excluding tert-OH is 5. The maximum absolute atomic E-state index is 12.2. The number of rotatable bonds is 17. The fraction of sp³-hybridized carbons (Fsp3) is 0.714. The summed E-state index contributed by atoms with van der Waals surface area (Å²) in [6.45, 7) is -0.824. The zero-order valence-electron chi connectivity index (χ0n) is 17.4. The van der Waals surface area contributed by atoms with Gasteiger partial charge in [0.15, 0.2) is 24.3 Å².